The molecule has 8 heteroatoms. The Kier molecular flexibility index (Phi) is 9.48. The van der Waals surface area contributed by atoms with Gasteiger partial charge in [-0.25, -0.2) is 4.39 Å². The SMILES string of the molecule is CCNC(=O)[C@H](Cc1ccccc1)N(Cc1ccccc1F)C(=O)COc1ccc(Cl)cc1Br. The average Bonchev–Trinajstić information content (AvgIpc) is 2.82. The van der Waals surface area contributed by atoms with Crippen molar-refractivity contribution >= 4 is 39.3 Å². The molecule has 0 unspecified atom stereocenters. The van der Waals surface area contributed by atoms with E-state index in [0.29, 0.717) is 27.4 Å². The fourth-order valence-corrected chi connectivity index (χ4v) is 4.27. The van der Waals surface area contributed by atoms with Crippen LogP contribution in [0.4, 0.5) is 4.39 Å². The van der Waals surface area contributed by atoms with Crippen molar-refractivity contribution in [2.45, 2.75) is 25.9 Å². The maximum atomic E-state index is 14.5. The van der Waals surface area contributed by atoms with Gasteiger partial charge in [-0.3, -0.25) is 9.59 Å². The lowest BCUT2D eigenvalue weighted by Crippen LogP contribution is -2.51. The Morgan fingerprint density at radius 3 is 2.47 bits per heavy atom. The van der Waals surface area contributed by atoms with Gasteiger partial charge in [-0.2, -0.15) is 0 Å². The Labute approximate surface area is 212 Å². The minimum absolute atomic E-state index is 0.0781. The van der Waals surface area contributed by atoms with Crippen molar-refractivity contribution in [3.63, 3.8) is 0 Å². The predicted octanol–water partition coefficient (Wildman–Crippen LogP) is 5.40. The highest BCUT2D eigenvalue weighted by Crippen LogP contribution is 2.28. The predicted molar refractivity (Wildman–Crippen MR) is 134 cm³/mol. The number of halogens is 3. The number of likely N-dealkylation sites (N-methyl/N-ethyl adjacent to an activating group) is 1. The van der Waals surface area contributed by atoms with Crippen LogP contribution in [-0.4, -0.2) is 35.9 Å². The van der Waals surface area contributed by atoms with Crippen LogP contribution in [0.25, 0.3) is 0 Å². The molecule has 3 aromatic carbocycles. The second kappa shape index (κ2) is 12.5. The Morgan fingerprint density at radius 2 is 1.79 bits per heavy atom. The van der Waals surface area contributed by atoms with Crippen molar-refractivity contribution in [3.8, 4) is 5.75 Å². The number of carbonyl (C=O) groups excluding carboxylic acids is 2. The minimum atomic E-state index is -0.855. The zero-order valence-corrected chi connectivity index (χ0v) is 21.0. The summed E-state index contributed by atoms with van der Waals surface area (Å²) in [5.41, 5.74) is 1.19. The van der Waals surface area contributed by atoms with E-state index < -0.39 is 17.8 Å². The Morgan fingerprint density at radius 1 is 1.09 bits per heavy atom. The average molecular weight is 548 g/mol. The summed E-state index contributed by atoms with van der Waals surface area (Å²) < 4.78 is 20.8. The lowest BCUT2D eigenvalue weighted by atomic mass is 10.0. The molecule has 3 aromatic rings. The molecule has 0 fully saturated rings. The first-order valence-electron chi connectivity index (χ1n) is 10.8. The van der Waals surface area contributed by atoms with Crippen molar-refractivity contribution in [2.75, 3.05) is 13.2 Å². The van der Waals surface area contributed by atoms with Gasteiger partial charge in [0.15, 0.2) is 6.61 Å². The first-order chi connectivity index (χ1) is 16.4. The number of rotatable bonds is 10. The van der Waals surface area contributed by atoms with Crippen LogP contribution < -0.4 is 10.1 Å². The van der Waals surface area contributed by atoms with Crippen molar-refractivity contribution in [1.82, 2.24) is 10.2 Å². The summed E-state index contributed by atoms with van der Waals surface area (Å²) in [7, 11) is 0. The molecular weight excluding hydrogens is 523 g/mol. The molecule has 2 amide bonds. The monoisotopic (exact) mass is 546 g/mol. The molecule has 0 spiro atoms. The maximum Gasteiger partial charge on any atom is 0.261 e. The third-order valence-electron chi connectivity index (χ3n) is 5.17. The highest BCUT2D eigenvalue weighted by atomic mass is 79.9. The van der Waals surface area contributed by atoms with E-state index in [1.54, 1.807) is 36.4 Å². The van der Waals surface area contributed by atoms with Gasteiger partial charge in [0.05, 0.1) is 4.47 Å². The normalized spacial score (nSPS) is 11.5. The molecule has 0 saturated carbocycles. The van der Waals surface area contributed by atoms with Crippen LogP contribution in [0.1, 0.15) is 18.1 Å². The first kappa shape index (κ1) is 25.7. The third kappa shape index (κ3) is 7.05. The fraction of sp³-hybridized carbons (Fsp3) is 0.231. The van der Waals surface area contributed by atoms with Gasteiger partial charge < -0.3 is 15.0 Å². The first-order valence-corrected chi connectivity index (χ1v) is 12.0. The zero-order valence-electron chi connectivity index (χ0n) is 18.6. The number of carbonyl (C=O) groups is 2. The van der Waals surface area contributed by atoms with Crippen molar-refractivity contribution < 1.29 is 18.7 Å². The Hall–Kier alpha value is -2.90. The third-order valence-corrected chi connectivity index (χ3v) is 6.02. The second-order valence-corrected chi connectivity index (χ2v) is 8.87. The number of amides is 2. The van der Waals surface area contributed by atoms with E-state index in [9.17, 15) is 14.0 Å². The lowest BCUT2D eigenvalue weighted by molar-refractivity contribution is -0.142. The molecule has 0 radical (unpaired) electrons. The summed E-state index contributed by atoms with van der Waals surface area (Å²) in [6, 6.07) is 19.7. The molecule has 0 heterocycles. The minimum Gasteiger partial charge on any atom is -0.483 e. The summed E-state index contributed by atoms with van der Waals surface area (Å²) in [6.07, 6.45) is 0.275. The smallest absolute Gasteiger partial charge is 0.261 e. The van der Waals surface area contributed by atoms with Crippen LogP contribution in [0.15, 0.2) is 77.3 Å². The van der Waals surface area contributed by atoms with Crippen LogP contribution in [0, 0.1) is 5.82 Å². The number of nitrogens with zero attached hydrogens (tertiary/aromatic N) is 1. The maximum absolute atomic E-state index is 14.5. The van der Waals surface area contributed by atoms with Crippen molar-refractivity contribution in [3.05, 3.63) is 99.2 Å². The van der Waals surface area contributed by atoms with Crippen LogP contribution in [0.3, 0.4) is 0 Å². The van der Waals surface area contributed by atoms with E-state index in [1.807, 2.05) is 37.3 Å². The lowest BCUT2D eigenvalue weighted by Gasteiger charge is -2.31. The van der Waals surface area contributed by atoms with Crippen molar-refractivity contribution in [2.24, 2.45) is 0 Å². The highest BCUT2D eigenvalue weighted by molar-refractivity contribution is 9.10. The largest absolute Gasteiger partial charge is 0.483 e. The molecule has 1 atom stereocenters. The topological polar surface area (TPSA) is 58.6 Å². The van der Waals surface area contributed by atoms with Crippen LogP contribution in [0.5, 0.6) is 5.75 Å². The van der Waals surface area contributed by atoms with Gasteiger partial charge in [0.25, 0.3) is 5.91 Å². The van der Waals surface area contributed by atoms with Crippen LogP contribution >= 0.6 is 27.5 Å². The van der Waals surface area contributed by atoms with Gasteiger partial charge in [-0.1, -0.05) is 60.1 Å². The molecule has 0 aliphatic rings. The number of nitrogens with one attached hydrogen (secondary N) is 1. The van der Waals surface area contributed by atoms with Gasteiger partial charge >= 0.3 is 0 Å². The number of hydrogen-bond donors (Lipinski definition) is 1. The molecule has 0 bridgehead atoms. The number of benzene rings is 3. The van der Waals surface area contributed by atoms with Gasteiger partial charge in [0.2, 0.25) is 5.91 Å². The van der Waals surface area contributed by atoms with E-state index >= 15 is 0 Å². The van der Waals surface area contributed by atoms with Gasteiger partial charge in [-0.15, -0.1) is 0 Å². The Balaban J connectivity index is 1.91. The molecule has 34 heavy (non-hydrogen) atoms. The highest BCUT2D eigenvalue weighted by Gasteiger charge is 2.31. The van der Waals surface area contributed by atoms with Crippen LogP contribution in [-0.2, 0) is 22.6 Å². The summed E-state index contributed by atoms with van der Waals surface area (Å²) in [5.74, 6) is -0.779. The van der Waals surface area contributed by atoms with E-state index in [-0.39, 0.29) is 25.5 Å². The molecule has 178 valence electrons. The van der Waals surface area contributed by atoms with E-state index in [2.05, 4.69) is 21.2 Å². The molecule has 5 nitrogen and oxygen atoms in total. The fourth-order valence-electron chi connectivity index (χ4n) is 3.47. The van der Waals surface area contributed by atoms with Gasteiger partial charge in [0.1, 0.15) is 17.6 Å². The summed E-state index contributed by atoms with van der Waals surface area (Å²) in [5, 5.41) is 3.32. The zero-order chi connectivity index (χ0) is 24.5. The molecule has 0 aliphatic heterocycles. The molecule has 1 N–H and O–H groups in total. The van der Waals surface area contributed by atoms with Crippen molar-refractivity contribution in [1.29, 1.82) is 0 Å². The molecule has 3 rings (SSSR count). The van der Waals surface area contributed by atoms with E-state index in [0.717, 1.165) is 5.56 Å². The Bertz CT molecular complexity index is 1130. The quantitative estimate of drug-likeness (QED) is 0.370. The number of hydrogen-bond acceptors (Lipinski definition) is 3. The van der Waals surface area contributed by atoms with E-state index in [4.69, 9.17) is 16.3 Å². The molecule has 0 aliphatic carbocycles. The summed E-state index contributed by atoms with van der Waals surface area (Å²) in [6.45, 7) is 1.80. The van der Waals surface area contributed by atoms with Crippen LogP contribution in [0.2, 0.25) is 5.02 Å². The summed E-state index contributed by atoms with van der Waals surface area (Å²) in [4.78, 5) is 27.9. The molecule has 0 saturated heterocycles. The second-order valence-electron chi connectivity index (χ2n) is 7.58. The van der Waals surface area contributed by atoms with Gasteiger partial charge in [-0.05, 0) is 52.7 Å². The van der Waals surface area contributed by atoms with Gasteiger partial charge in [0, 0.05) is 30.1 Å². The standard InChI is InChI=1S/C26H25BrClFN2O3/c1-2-30-26(33)23(14-18-8-4-3-5-9-18)31(16-19-10-6-7-11-22(19)29)25(32)17-34-24-13-12-20(28)15-21(24)27/h3-13,15,23H,2,14,16-17H2,1H3,(H,30,33)/t23-/m0/s1. The molecule has 0 aromatic heterocycles. The summed E-state index contributed by atoms with van der Waals surface area (Å²) >= 11 is 9.34. The van der Waals surface area contributed by atoms with E-state index in [1.165, 1.54) is 11.0 Å². The molecular formula is C26H25BrClFN2O3. The number of ether oxygens (including phenoxy) is 1.